The van der Waals surface area contributed by atoms with E-state index in [1.54, 1.807) is 6.92 Å². The molecule has 0 radical (unpaired) electrons. The van der Waals surface area contributed by atoms with Crippen LogP contribution in [0, 0.1) is 5.92 Å². The van der Waals surface area contributed by atoms with Gasteiger partial charge in [-0.1, -0.05) is 19.1 Å². The number of carboxylic acid groups (broad SMARTS) is 1. The van der Waals surface area contributed by atoms with Crippen LogP contribution in [0.25, 0.3) is 0 Å². The SMILES string of the molecule is CC(CCc1ccc(N)cc1)C(=O)O. The molecule has 1 aromatic rings. The average molecular weight is 193 g/mol. The lowest BCUT2D eigenvalue weighted by Crippen LogP contribution is -2.10. The third-order valence-electron chi connectivity index (χ3n) is 2.27. The first kappa shape index (κ1) is 10.6. The summed E-state index contributed by atoms with van der Waals surface area (Å²) in [6, 6.07) is 7.54. The van der Waals surface area contributed by atoms with Crippen LogP contribution in [0.5, 0.6) is 0 Å². The minimum absolute atomic E-state index is 0.285. The number of carbonyl (C=O) groups is 1. The van der Waals surface area contributed by atoms with Gasteiger partial charge in [-0.3, -0.25) is 4.79 Å². The molecule has 14 heavy (non-hydrogen) atoms. The first-order valence-corrected chi connectivity index (χ1v) is 4.67. The molecule has 1 rings (SSSR count). The van der Waals surface area contributed by atoms with Gasteiger partial charge in [-0.25, -0.2) is 0 Å². The molecule has 1 unspecified atom stereocenters. The zero-order chi connectivity index (χ0) is 10.6. The van der Waals surface area contributed by atoms with Gasteiger partial charge in [-0.05, 0) is 30.5 Å². The van der Waals surface area contributed by atoms with Gasteiger partial charge in [0, 0.05) is 5.69 Å². The second-order valence-electron chi connectivity index (χ2n) is 3.52. The fourth-order valence-corrected chi connectivity index (χ4v) is 1.19. The molecule has 0 spiro atoms. The van der Waals surface area contributed by atoms with Crippen LogP contribution in [0.2, 0.25) is 0 Å². The number of aryl methyl sites for hydroxylation is 1. The quantitative estimate of drug-likeness (QED) is 0.718. The molecule has 3 heteroatoms. The van der Waals surface area contributed by atoms with Crippen LogP contribution in [-0.2, 0) is 11.2 Å². The van der Waals surface area contributed by atoms with E-state index in [1.165, 1.54) is 0 Å². The van der Waals surface area contributed by atoms with Gasteiger partial charge >= 0.3 is 5.97 Å². The van der Waals surface area contributed by atoms with E-state index in [0.29, 0.717) is 6.42 Å². The third-order valence-corrected chi connectivity index (χ3v) is 2.27. The van der Waals surface area contributed by atoms with E-state index in [9.17, 15) is 4.79 Å². The number of benzene rings is 1. The molecule has 0 amide bonds. The highest BCUT2D eigenvalue weighted by atomic mass is 16.4. The van der Waals surface area contributed by atoms with Gasteiger partial charge in [0.25, 0.3) is 0 Å². The van der Waals surface area contributed by atoms with Gasteiger partial charge < -0.3 is 10.8 Å². The maximum atomic E-state index is 10.6. The topological polar surface area (TPSA) is 63.3 Å². The summed E-state index contributed by atoms with van der Waals surface area (Å²) >= 11 is 0. The van der Waals surface area contributed by atoms with Crippen molar-refractivity contribution in [2.75, 3.05) is 5.73 Å². The van der Waals surface area contributed by atoms with E-state index in [-0.39, 0.29) is 5.92 Å². The Kier molecular flexibility index (Phi) is 3.51. The summed E-state index contributed by atoms with van der Waals surface area (Å²) in [5, 5.41) is 8.68. The smallest absolute Gasteiger partial charge is 0.306 e. The van der Waals surface area contributed by atoms with E-state index in [4.69, 9.17) is 10.8 Å². The largest absolute Gasteiger partial charge is 0.481 e. The Morgan fingerprint density at radius 3 is 2.50 bits per heavy atom. The van der Waals surface area contributed by atoms with Crippen molar-refractivity contribution in [3.8, 4) is 0 Å². The molecule has 0 heterocycles. The van der Waals surface area contributed by atoms with E-state index in [1.807, 2.05) is 24.3 Å². The summed E-state index contributed by atoms with van der Waals surface area (Å²) < 4.78 is 0. The van der Waals surface area contributed by atoms with Crippen LogP contribution in [0.3, 0.4) is 0 Å². The third kappa shape index (κ3) is 3.09. The number of anilines is 1. The molecular formula is C11H15NO2. The minimum atomic E-state index is -0.736. The Morgan fingerprint density at radius 1 is 1.43 bits per heavy atom. The van der Waals surface area contributed by atoms with Gasteiger partial charge in [0.2, 0.25) is 0 Å². The molecule has 0 bridgehead atoms. The predicted octanol–water partition coefficient (Wildman–Crippen LogP) is 1.92. The second kappa shape index (κ2) is 4.65. The summed E-state index contributed by atoms with van der Waals surface area (Å²) in [6.45, 7) is 1.72. The minimum Gasteiger partial charge on any atom is -0.481 e. The number of rotatable bonds is 4. The molecule has 0 aliphatic heterocycles. The van der Waals surface area contributed by atoms with Crippen molar-refractivity contribution in [3.05, 3.63) is 29.8 Å². The van der Waals surface area contributed by atoms with Crippen LogP contribution < -0.4 is 5.73 Å². The summed E-state index contributed by atoms with van der Waals surface area (Å²) in [5.74, 6) is -1.02. The first-order chi connectivity index (χ1) is 6.59. The van der Waals surface area contributed by atoms with Crippen LogP contribution >= 0.6 is 0 Å². The Balaban J connectivity index is 2.46. The van der Waals surface area contributed by atoms with E-state index < -0.39 is 5.97 Å². The van der Waals surface area contributed by atoms with Crippen molar-refractivity contribution in [1.82, 2.24) is 0 Å². The van der Waals surface area contributed by atoms with Gasteiger partial charge in [-0.15, -0.1) is 0 Å². The van der Waals surface area contributed by atoms with Gasteiger partial charge in [0.05, 0.1) is 5.92 Å². The number of aliphatic carboxylic acids is 1. The zero-order valence-electron chi connectivity index (χ0n) is 8.23. The van der Waals surface area contributed by atoms with Crippen LogP contribution in [-0.4, -0.2) is 11.1 Å². The van der Waals surface area contributed by atoms with Crippen molar-refractivity contribution >= 4 is 11.7 Å². The second-order valence-corrected chi connectivity index (χ2v) is 3.52. The highest BCUT2D eigenvalue weighted by Gasteiger charge is 2.09. The van der Waals surface area contributed by atoms with Crippen LogP contribution in [0.1, 0.15) is 18.9 Å². The highest BCUT2D eigenvalue weighted by molar-refractivity contribution is 5.69. The lowest BCUT2D eigenvalue weighted by molar-refractivity contribution is -0.141. The van der Waals surface area contributed by atoms with E-state index in [0.717, 1.165) is 17.7 Å². The summed E-state index contributed by atoms with van der Waals surface area (Å²) in [4.78, 5) is 10.6. The molecular weight excluding hydrogens is 178 g/mol. The molecule has 0 aliphatic carbocycles. The van der Waals surface area contributed by atoms with Crippen molar-refractivity contribution in [1.29, 1.82) is 0 Å². The summed E-state index contributed by atoms with van der Waals surface area (Å²) in [6.07, 6.45) is 1.45. The van der Waals surface area contributed by atoms with Crippen LogP contribution in [0.4, 0.5) is 5.69 Å². The molecule has 0 saturated heterocycles. The fourth-order valence-electron chi connectivity index (χ4n) is 1.19. The van der Waals surface area contributed by atoms with E-state index in [2.05, 4.69) is 0 Å². The highest BCUT2D eigenvalue weighted by Crippen LogP contribution is 2.11. The average Bonchev–Trinajstić information content (AvgIpc) is 2.16. The normalized spacial score (nSPS) is 12.4. The molecule has 0 saturated carbocycles. The Hall–Kier alpha value is -1.51. The molecule has 3 nitrogen and oxygen atoms in total. The molecule has 0 aliphatic rings. The summed E-state index contributed by atoms with van der Waals surface area (Å²) in [5.41, 5.74) is 7.40. The molecule has 1 atom stereocenters. The maximum absolute atomic E-state index is 10.6. The van der Waals surface area contributed by atoms with Gasteiger partial charge in [-0.2, -0.15) is 0 Å². The number of hydrogen-bond acceptors (Lipinski definition) is 2. The standard InChI is InChI=1S/C11H15NO2/c1-8(11(13)14)2-3-9-4-6-10(12)7-5-9/h4-8H,2-3,12H2,1H3,(H,13,14). The number of hydrogen-bond donors (Lipinski definition) is 2. The van der Waals surface area contributed by atoms with Gasteiger partial charge in [0.15, 0.2) is 0 Å². The Labute approximate surface area is 83.6 Å². The number of nitrogens with two attached hydrogens (primary N) is 1. The van der Waals surface area contributed by atoms with Crippen LogP contribution in [0.15, 0.2) is 24.3 Å². The number of nitrogen functional groups attached to an aromatic ring is 1. The van der Waals surface area contributed by atoms with Crippen molar-refractivity contribution in [2.24, 2.45) is 5.92 Å². The number of carboxylic acids is 1. The fraction of sp³-hybridized carbons (Fsp3) is 0.364. The van der Waals surface area contributed by atoms with Crippen molar-refractivity contribution in [2.45, 2.75) is 19.8 Å². The lowest BCUT2D eigenvalue weighted by atomic mass is 10.0. The van der Waals surface area contributed by atoms with Gasteiger partial charge in [0.1, 0.15) is 0 Å². The Morgan fingerprint density at radius 2 is 2.00 bits per heavy atom. The molecule has 76 valence electrons. The molecule has 3 N–H and O–H groups in total. The lowest BCUT2D eigenvalue weighted by Gasteiger charge is -2.05. The first-order valence-electron chi connectivity index (χ1n) is 4.67. The summed E-state index contributed by atoms with van der Waals surface area (Å²) in [7, 11) is 0. The molecule has 1 aromatic carbocycles. The Bertz CT molecular complexity index is 306. The molecule has 0 aromatic heterocycles. The monoisotopic (exact) mass is 193 g/mol. The van der Waals surface area contributed by atoms with Crippen molar-refractivity contribution in [3.63, 3.8) is 0 Å². The molecule has 0 fully saturated rings. The van der Waals surface area contributed by atoms with Crippen molar-refractivity contribution < 1.29 is 9.90 Å². The predicted molar refractivity (Wildman–Crippen MR) is 56.0 cm³/mol. The zero-order valence-corrected chi connectivity index (χ0v) is 8.23. The van der Waals surface area contributed by atoms with E-state index >= 15 is 0 Å². The maximum Gasteiger partial charge on any atom is 0.306 e.